The Balaban J connectivity index is 1.45. The van der Waals surface area contributed by atoms with Crippen molar-refractivity contribution in [3.05, 3.63) is 53.9 Å². The summed E-state index contributed by atoms with van der Waals surface area (Å²) in [6.45, 7) is 0.161. The fourth-order valence-electron chi connectivity index (χ4n) is 4.15. The average molecular weight is 437 g/mol. The largest absolute Gasteiger partial charge is 0.493 e. The zero-order valence-corrected chi connectivity index (χ0v) is 18.1. The molecule has 1 aliphatic carbocycles. The van der Waals surface area contributed by atoms with Crippen molar-refractivity contribution >= 4 is 17.7 Å². The number of carbonyl (C=O) groups excluding carboxylic acids is 3. The van der Waals surface area contributed by atoms with Gasteiger partial charge in [-0.25, -0.2) is 0 Å². The summed E-state index contributed by atoms with van der Waals surface area (Å²) in [6, 6.07) is 7.74. The number of pyridine rings is 1. The van der Waals surface area contributed by atoms with Gasteiger partial charge in [-0.1, -0.05) is 0 Å². The standard InChI is InChI=1S/C24H27N3O5/c1-31-20-8-6-17(14-21(20)32-18-4-2-3-5-18)23(29)26-19-7-9-22(28)27(24(19)30)15-16-10-12-25-13-11-16/h6,8,10-14,18-19H,2-5,7,9,15H2,1H3,(H,26,29)/t19-/m0/s1. The third-order valence-corrected chi connectivity index (χ3v) is 5.93. The first-order valence-corrected chi connectivity index (χ1v) is 10.9. The van der Waals surface area contributed by atoms with Crippen molar-refractivity contribution < 1.29 is 23.9 Å². The number of methoxy groups -OCH3 is 1. The average Bonchev–Trinajstić information content (AvgIpc) is 3.32. The van der Waals surface area contributed by atoms with Crippen molar-refractivity contribution in [3.63, 3.8) is 0 Å². The molecule has 1 aromatic carbocycles. The number of piperidine rings is 1. The number of likely N-dealkylation sites (tertiary alicyclic amines) is 1. The molecule has 0 radical (unpaired) electrons. The number of nitrogens with one attached hydrogen (secondary N) is 1. The molecule has 1 aliphatic heterocycles. The molecule has 168 valence electrons. The first kappa shape index (κ1) is 21.8. The van der Waals surface area contributed by atoms with E-state index in [0.29, 0.717) is 17.1 Å². The van der Waals surface area contributed by atoms with Crippen molar-refractivity contribution in [2.75, 3.05) is 7.11 Å². The van der Waals surface area contributed by atoms with E-state index < -0.39 is 11.9 Å². The molecule has 1 saturated carbocycles. The maximum Gasteiger partial charge on any atom is 0.252 e. The Bertz CT molecular complexity index is 988. The van der Waals surface area contributed by atoms with Crippen molar-refractivity contribution in [1.82, 2.24) is 15.2 Å². The van der Waals surface area contributed by atoms with Crippen LogP contribution in [0.15, 0.2) is 42.7 Å². The monoisotopic (exact) mass is 437 g/mol. The van der Waals surface area contributed by atoms with Gasteiger partial charge in [0.05, 0.1) is 19.8 Å². The van der Waals surface area contributed by atoms with E-state index in [1.54, 1.807) is 49.8 Å². The second kappa shape index (κ2) is 9.80. The Morgan fingerprint density at radius 1 is 1.09 bits per heavy atom. The van der Waals surface area contributed by atoms with Crippen LogP contribution in [0, 0.1) is 0 Å². The Morgan fingerprint density at radius 2 is 1.84 bits per heavy atom. The number of amides is 3. The van der Waals surface area contributed by atoms with Gasteiger partial charge in [0.15, 0.2) is 11.5 Å². The quantitative estimate of drug-likeness (QED) is 0.669. The predicted octanol–water partition coefficient (Wildman–Crippen LogP) is 2.86. The lowest BCUT2D eigenvalue weighted by Crippen LogP contribution is -2.54. The number of rotatable bonds is 7. The minimum Gasteiger partial charge on any atom is -0.493 e. The molecule has 1 N–H and O–H groups in total. The summed E-state index contributed by atoms with van der Waals surface area (Å²) in [5, 5.41) is 2.79. The summed E-state index contributed by atoms with van der Waals surface area (Å²) < 4.78 is 11.4. The zero-order chi connectivity index (χ0) is 22.5. The number of hydrogen-bond acceptors (Lipinski definition) is 6. The zero-order valence-electron chi connectivity index (χ0n) is 18.1. The third kappa shape index (κ3) is 4.90. The lowest BCUT2D eigenvalue weighted by atomic mass is 10.0. The fraction of sp³-hybridized carbons (Fsp3) is 0.417. The molecule has 3 amide bonds. The number of ether oxygens (including phenoxy) is 2. The van der Waals surface area contributed by atoms with Crippen LogP contribution >= 0.6 is 0 Å². The van der Waals surface area contributed by atoms with Crippen LogP contribution in [-0.2, 0) is 16.1 Å². The van der Waals surface area contributed by atoms with Gasteiger partial charge in [-0.05, 0) is 68.0 Å². The van der Waals surface area contributed by atoms with Crippen LogP contribution in [0.25, 0.3) is 0 Å². The Kier molecular flexibility index (Phi) is 6.68. The molecule has 2 heterocycles. The van der Waals surface area contributed by atoms with Gasteiger partial charge in [-0.15, -0.1) is 0 Å². The first-order chi connectivity index (χ1) is 15.5. The van der Waals surface area contributed by atoms with E-state index >= 15 is 0 Å². The van der Waals surface area contributed by atoms with E-state index in [2.05, 4.69) is 10.3 Å². The van der Waals surface area contributed by atoms with Crippen molar-refractivity contribution in [2.45, 2.75) is 57.2 Å². The summed E-state index contributed by atoms with van der Waals surface area (Å²) in [5.74, 6) is 0.0599. The molecular weight excluding hydrogens is 410 g/mol. The Morgan fingerprint density at radius 3 is 2.56 bits per heavy atom. The van der Waals surface area contributed by atoms with Crippen LogP contribution in [0.2, 0.25) is 0 Å². The highest BCUT2D eigenvalue weighted by molar-refractivity contribution is 6.04. The highest BCUT2D eigenvalue weighted by atomic mass is 16.5. The van der Waals surface area contributed by atoms with Crippen LogP contribution < -0.4 is 14.8 Å². The van der Waals surface area contributed by atoms with Crippen LogP contribution in [0.5, 0.6) is 11.5 Å². The van der Waals surface area contributed by atoms with E-state index in [1.807, 2.05) is 0 Å². The molecule has 32 heavy (non-hydrogen) atoms. The third-order valence-electron chi connectivity index (χ3n) is 5.93. The van der Waals surface area contributed by atoms with Gasteiger partial charge in [0.1, 0.15) is 6.04 Å². The minimum absolute atomic E-state index is 0.120. The van der Waals surface area contributed by atoms with E-state index in [1.165, 1.54) is 4.90 Å². The molecule has 4 rings (SSSR count). The summed E-state index contributed by atoms with van der Waals surface area (Å²) in [6.07, 6.45) is 8.05. The number of benzene rings is 1. The smallest absolute Gasteiger partial charge is 0.252 e. The van der Waals surface area contributed by atoms with Crippen molar-refractivity contribution in [2.24, 2.45) is 0 Å². The molecule has 0 spiro atoms. The van der Waals surface area contributed by atoms with Gasteiger partial charge in [-0.3, -0.25) is 24.3 Å². The van der Waals surface area contributed by atoms with Crippen LogP contribution in [0.4, 0.5) is 0 Å². The second-order valence-electron chi connectivity index (χ2n) is 8.13. The summed E-state index contributed by atoms with van der Waals surface area (Å²) >= 11 is 0. The number of carbonyl (C=O) groups is 3. The maximum absolute atomic E-state index is 12.9. The Labute approximate surface area is 186 Å². The van der Waals surface area contributed by atoms with Crippen molar-refractivity contribution in [3.8, 4) is 11.5 Å². The number of nitrogens with zero attached hydrogens (tertiary/aromatic N) is 2. The van der Waals surface area contributed by atoms with Crippen LogP contribution in [-0.4, -0.2) is 46.9 Å². The van der Waals surface area contributed by atoms with E-state index in [4.69, 9.17) is 9.47 Å². The first-order valence-electron chi connectivity index (χ1n) is 10.9. The molecule has 2 aromatic rings. The molecule has 1 aromatic heterocycles. The summed E-state index contributed by atoms with van der Waals surface area (Å²) in [5.41, 5.74) is 1.18. The molecule has 2 fully saturated rings. The van der Waals surface area contributed by atoms with E-state index in [-0.39, 0.29) is 37.3 Å². The molecule has 8 nitrogen and oxygen atoms in total. The molecule has 0 unspecified atom stereocenters. The van der Waals surface area contributed by atoms with Crippen LogP contribution in [0.1, 0.15) is 54.4 Å². The lowest BCUT2D eigenvalue weighted by Gasteiger charge is -2.31. The van der Waals surface area contributed by atoms with Crippen molar-refractivity contribution in [1.29, 1.82) is 0 Å². The number of aromatic nitrogens is 1. The molecule has 1 saturated heterocycles. The number of hydrogen-bond donors (Lipinski definition) is 1. The van der Waals surface area contributed by atoms with E-state index in [9.17, 15) is 14.4 Å². The molecule has 8 heteroatoms. The van der Waals surface area contributed by atoms with Gasteiger partial charge < -0.3 is 14.8 Å². The van der Waals surface area contributed by atoms with Gasteiger partial charge in [-0.2, -0.15) is 0 Å². The number of imide groups is 1. The molecular formula is C24H27N3O5. The van der Waals surface area contributed by atoms with Crippen LogP contribution in [0.3, 0.4) is 0 Å². The van der Waals surface area contributed by atoms with Gasteiger partial charge in [0.25, 0.3) is 11.8 Å². The topological polar surface area (TPSA) is 97.8 Å². The SMILES string of the molecule is COc1ccc(C(=O)N[C@H]2CCC(=O)N(Cc3ccncc3)C2=O)cc1OC1CCCC1. The Hall–Kier alpha value is -3.42. The minimum atomic E-state index is -0.761. The maximum atomic E-state index is 12.9. The van der Waals surface area contributed by atoms with Gasteiger partial charge in [0, 0.05) is 24.4 Å². The summed E-state index contributed by atoms with van der Waals surface area (Å²) in [7, 11) is 1.56. The van der Waals surface area contributed by atoms with Gasteiger partial charge in [0.2, 0.25) is 5.91 Å². The van der Waals surface area contributed by atoms with E-state index in [0.717, 1.165) is 31.2 Å². The molecule has 1 atom stereocenters. The predicted molar refractivity (Wildman–Crippen MR) is 116 cm³/mol. The second-order valence-corrected chi connectivity index (χ2v) is 8.13. The fourth-order valence-corrected chi connectivity index (χ4v) is 4.15. The normalized spacial score (nSPS) is 19.2. The van der Waals surface area contributed by atoms with Gasteiger partial charge >= 0.3 is 0 Å². The molecule has 2 aliphatic rings. The highest BCUT2D eigenvalue weighted by Gasteiger charge is 2.35. The highest BCUT2D eigenvalue weighted by Crippen LogP contribution is 2.32. The summed E-state index contributed by atoms with van der Waals surface area (Å²) in [4.78, 5) is 43.3. The molecule has 0 bridgehead atoms. The lowest BCUT2D eigenvalue weighted by molar-refractivity contribution is -0.150.